The smallest absolute Gasteiger partial charge is 0.224 e. The molecule has 0 saturated carbocycles. The molecule has 1 heterocycles. The molecular weight excluding hydrogens is 252 g/mol. The highest BCUT2D eigenvalue weighted by molar-refractivity contribution is 5.90. The molecule has 0 spiro atoms. The number of aryl methyl sites for hydroxylation is 1. The van der Waals surface area contributed by atoms with Crippen molar-refractivity contribution in [3.05, 3.63) is 42.2 Å². The van der Waals surface area contributed by atoms with E-state index in [1.165, 1.54) is 0 Å². The zero-order chi connectivity index (χ0) is 14.5. The van der Waals surface area contributed by atoms with Crippen LogP contribution >= 0.6 is 0 Å². The van der Waals surface area contributed by atoms with Gasteiger partial charge in [-0.25, -0.2) is 0 Å². The monoisotopic (exact) mass is 272 g/mol. The van der Waals surface area contributed by atoms with Crippen LogP contribution in [0.3, 0.4) is 0 Å². The lowest BCUT2D eigenvalue weighted by atomic mass is 10.2. The van der Waals surface area contributed by atoms with E-state index in [4.69, 9.17) is 0 Å². The summed E-state index contributed by atoms with van der Waals surface area (Å²) in [4.78, 5) is 11.3. The molecular formula is C15H20N4O. The third-order valence-electron chi connectivity index (χ3n) is 3.18. The van der Waals surface area contributed by atoms with Crippen LogP contribution in [0.25, 0.3) is 0 Å². The molecule has 106 valence electrons. The number of aromatic nitrogens is 2. The van der Waals surface area contributed by atoms with Gasteiger partial charge in [-0.3, -0.25) is 9.48 Å². The third kappa shape index (κ3) is 3.38. The van der Waals surface area contributed by atoms with Gasteiger partial charge in [0, 0.05) is 31.0 Å². The van der Waals surface area contributed by atoms with Crippen LogP contribution in [0.15, 0.2) is 36.5 Å². The number of nitrogens with zero attached hydrogens (tertiary/aromatic N) is 2. The summed E-state index contributed by atoms with van der Waals surface area (Å²) in [5.74, 6) is 0.0222. The quantitative estimate of drug-likeness (QED) is 0.879. The van der Waals surface area contributed by atoms with Gasteiger partial charge in [0.2, 0.25) is 5.91 Å². The molecule has 0 aliphatic carbocycles. The van der Waals surface area contributed by atoms with E-state index in [1.807, 2.05) is 49.0 Å². The van der Waals surface area contributed by atoms with Crippen LogP contribution in [0.2, 0.25) is 0 Å². The fraction of sp³-hybridized carbons (Fsp3) is 0.333. The van der Waals surface area contributed by atoms with Gasteiger partial charge in [0.25, 0.3) is 0 Å². The molecule has 0 aliphatic rings. The fourth-order valence-electron chi connectivity index (χ4n) is 2.03. The summed E-state index contributed by atoms with van der Waals surface area (Å²) in [6.45, 7) is 3.92. The van der Waals surface area contributed by atoms with Crippen LogP contribution in [-0.4, -0.2) is 15.7 Å². The third-order valence-corrected chi connectivity index (χ3v) is 3.18. The predicted molar refractivity (Wildman–Crippen MR) is 80.6 cm³/mol. The maximum absolute atomic E-state index is 11.3. The second kappa shape index (κ2) is 6.23. The van der Waals surface area contributed by atoms with Gasteiger partial charge < -0.3 is 10.6 Å². The maximum Gasteiger partial charge on any atom is 0.224 e. The van der Waals surface area contributed by atoms with Crippen molar-refractivity contribution < 1.29 is 4.79 Å². The molecule has 2 N–H and O–H groups in total. The van der Waals surface area contributed by atoms with E-state index < -0.39 is 0 Å². The lowest BCUT2D eigenvalue weighted by molar-refractivity contribution is -0.115. The van der Waals surface area contributed by atoms with Crippen LogP contribution in [0.1, 0.15) is 32.0 Å². The van der Waals surface area contributed by atoms with Gasteiger partial charge in [-0.2, -0.15) is 5.10 Å². The number of carbonyl (C=O) groups is 1. The fourth-order valence-corrected chi connectivity index (χ4v) is 2.03. The van der Waals surface area contributed by atoms with E-state index in [1.54, 1.807) is 6.20 Å². The standard InChI is InChI=1S/C15H20N4O/c1-4-15(20)18-13-7-5-12(6-8-13)17-11(2)14-9-10-16-19(14)3/h5-11,17H,4H2,1-3H3,(H,18,20). The molecule has 1 atom stereocenters. The first-order chi connectivity index (χ1) is 9.60. The highest BCUT2D eigenvalue weighted by atomic mass is 16.1. The Morgan fingerprint density at radius 2 is 1.90 bits per heavy atom. The number of rotatable bonds is 5. The van der Waals surface area contributed by atoms with Crippen molar-refractivity contribution in [3.63, 3.8) is 0 Å². The number of amides is 1. The van der Waals surface area contributed by atoms with Crippen molar-refractivity contribution in [2.75, 3.05) is 10.6 Å². The molecule has 5 heteroatoms. The maximum atomic E-state index is 11.3. The van der Waals surface area contributed by atoms with E-state index >= 15 is 0 Å². The number of hydrogen-bond donors (Lipinski definition) is 2. The Kier molecular flexibility index (Phi) is 4.40. The van der Waals surface area contributed by atoms with Gasteiger partial charge in [-0.05, 0) is 37.3 Å². The Bertz CT molecular complexity index is 574. The summed E-state index contributed by atoms with van der Waals surface area (Å²) in [5.41, 5.74) is 2.94. The largest absolute Gasteiger partial charge is 0.377 e. The van der Waals surface area contributed by atoms with Crippen LogP contribution < -0.4 is 10.6 Å². The second-order valence-electron chi connectivity index (χ2n) is 4.72. The molecule has 1 aromatic carbocycles. The molecule has 1 unspecified atom stereocenters. The highest BCUT2D eigenvalue weighted by Gasteiger charge is 2.09. The van der Waals surface area contributed by atoms with Gasteiger partial charge in [-0.1, -0.05) is 6.92 Å². The second-order valence-corrected chi connectivity index (χ2v) is 4.72. The molecule has 0 aliphatic heterocycles. The summed E-state index contributed by atoms with van der Waals surface area (Å²) in [7, 11) is 1.93. The van der Waals surface area contributed by atoms with E-state index in [9.17, 15) is 4.79 Å². The molecule has 20 heavy (non-hydrogen) atoms. The predicted octanol–water partition coefficient (Wildman–Crippen LogP) is 2.94. The summed E-state index contributed by atoms with van der Waals surface area (Å²) in [5, 5.41) is 10.4. The van der Waals surface area contributed by atoms with Crippen molar-refractivity contribution in [3.8, 4) is 0 Å². The van der Waals surface area contributed by atoms with Crippen molar-refractivity contribution in [2.24, 2.45) is 7.05 Å². The first kappa shape index (κ1) is 14.1. The first-order valence-electron chi connectivity index (χ1n) is 6.74. The molecule has 0 saturated heterocycles. The Balaban J connectivity index is 2.00. The van der Waals surface area contributed by atoms with E-state index in [-0.39, 0.29) is 11.9 Å². The van der Waals surface area contributed by atoms with E-state index in [2.05, 4.69) is 22.7 Å². The van der Waals surface area contributed by atoms with Gasteiger partial charge in [-0.15, -0.1) is 0 Å². The van der Waals surface area contributed by atoms with E-state index in [0.717, 1.165) is 17.1 Å². The molecule has 0 bridgehead atoms. The zero-order valence-corrected chi connectivity index (χ0v) is 12.1. The summed E-state index contributed by atoms with van der Waals surface area (Å²) < 4.78 is 1.85. The van der Waals surface area contributed by atoms with E-state index in [0.29, 0.717) is 6.42 Å². The van der Waals surface area contributed by atoms with Crippen molar-refractivity contribution >= 4 is 17.3 Å². The molecule has 1 aromatic heterocycles. The number of benzene rings is 1. The minimum absolute atomic E-state index is 0.0222. The van der Waals surface area contributed by atoms with Crippen molar-refractivity contribution in [1.82, 2.24) is 9.78 Å². The number of nitrogens with one attached hydrogen (secondary N) is 2. The summed E-state index contributed by atoms with van der Waals surface area (Å²) >= 11 is 0. The normalized spacial score (nSPS) is 11.9. The van der Waals surface area contributed by atoms with Crippen molar-refractivity contribution in [2.45, 2.75) is 26.3 Å². The molecule has 5 nitrogen and oxygen atoms in total. The Morgan fingerprint density at radius 1 is 1.25 bits per heavy atom. The Morgan fingerprint density at radius 3 is 2.45 bits per heavy atom. The van der Waals surface area contributed by atoms with Crippen LogP contribution in [0, 0.1) is 0 Å². The van der Waals surface area contributed by atoms with Gasteiger partial charge in [0.15, 0.2) is 0 Å². The van der Waals surface area contributed by atoms with Crippen LogP contribution in [0.4, 0.5) is 11.4 Å². The SMILES string of the molecule is CCC(=O)Nc1ccc(NC(C)c2ccnn2C)cc1. The Labute approximate surface area is 119 Å². The summed E-state index contributed by atoms with van der Waals surface area (Å²) in [6.07, 6.45) is 2.27. The summed E-state index contributed by atoms with van der Waals surface area (Å²) in [6, 6.07) is 9.86. The van der Waals surface area contributed by atoms with Gasteiger partial charge in [0.05, 0.1) is 11.7 Å². The number of carbonyl (C=O) groups excluding carboxylic acids is 1. The van der Waals surface area contributed by atoms with Crippen LogP contribution in [0.5, 0.6) is 0 Å². The average molecular weight is 272 g/mol. The number of hydrogen-bond acceptors (Lipinski definition) is 3. The lowest BCUT2D eigenvalue weighted by Crippen LogP contribution is -2.12. The van der Waals surface area contributed by atoms with Gasteiger partial charge >= 0.3 is 0 Å². The molecule has 2 rings (SSSR count). The average Bonchev–Trinajstić information content (AvgIpc) is 2.87. The molecule has 0 radical (unpaired) electrons. The topological polar surface area (TPSA) is 59.0 Å². The highest BCUT2D eigenvalue weighted by Crippen LogP contribution is 2.20. The first-order valence-corrected chi connectivity index (χ1v) is 6.74. The molecule has 0 fully saturated rings. The van der Waals surface area contributed by atoms with Crippen molar-refractivity contribution in [1.29, 1.82) is 0 Å². The Hall–Kier alpha value is -2.30. The number of anilines is 2. The lowest BCUT2D eigenvalue weighted by Gasteiger charge is -2.16. The zero-order valence-electron chi connectivity index (χ0n) is 12.1. The minimum Gasteiger partial charge on any atom is -0.377 e. The molecule has 2 aromatic rings. The van der Waals surface area contributed by atoms with Crippen LogP contribution in [-0.2, 0) is 11.8 Å². The van der Waals surface area contributed by atoms with Gasteiger partial charge in [0.1, 0.15) is 0 Å². The minimum atomic E-state index is 0.0222. The molecule has 1 amide bonds.